The number of sulfonamides is 1. The van der Waals surface area contributed by atoms with Gasteiger partial charge in [0.1, 0.15) is 6.04 Å². The maximum Gasteiger partial charge on any atom is 0.248 e. The Labute approximate surface area is 177 Å². The topological polar surface area (TPSA) is 108 Å². The molecule has 1 unspecified atom stereocenters. The molecule has 0 bridgehead atoms. The third-order valence-corrected chi connectivity index (χ3v) is 7.00. The van der Waals surface area contributed by atoms with Crippen LogP contribution in [0, 0.1) is 5.92 Å². The molecular formula is C22H31N3O4S. The number of carbonyl (C=O) groups excluding carboxylic acids is 1. The SMILES string of the molecule is CC(C)CC(NS(=O)(=O)c1ccc2[nH]c(=O)ccc2c1)C(=O)NC1CCCCCC1. The number of aromatic amines is 1. The van der Waals surface area contributed by atoms with Crippen LogP contribution in [0.5, 0.6) is 0 Å². The minimum atomic E-state index is -3.90. The van der Waals surface area contributed by atoms with Gasteiger partial charge in [-0.05, 0) is 54.8 Å². The van der Waals surface area contributed by atoms with E-state index in [9.17, 15) is 18.0 Å². The van der Waals surface area contributed by atoms with E-state index in [0.717, 1.165) is 25.7 Å². The third kappa shape index (κ3) is 5.92. The monoisotopic (exact) mass is 433 g/mol. The molecule has 1 aliphatic carbocycles. The summed E-state index contributed by atoms with van der Waals surface area (Å²) in [7, 11) is -3.90. The summed E-state index contributed by atoms with van der Waals surface area (Å²) in [6.45, 7) is 3.93. The van der Waals surface area contributed by atoms with Gasteiger partial charge < -0.3 is 10.3 Å². The quantitative estimate of drug-likeness (QED) is 0.583. The van der Waals surface area contributed by atoms with Crippen molar-refractivity contribution in [2.24, 2.45) is 5.92 Å². The number of pyridine rings is 1. The average Bonchev–Trinajstić information content (AvgIpc) is 2.95. The fraction of sp³-hybridized carbons (Fsp3) is 0.545. The number of hydrogen-bond donors (Lipinski definition) is 3. The van der Waals surface area contributed by atoms with Crippen molar-refractivity contribution in [2.75, 3.05) is 0 Å². The van der Waals surface area contributed by atoms with E-state index in [2.05, 4.69) is 15.0 Å². The second kappa shape index (κ2) is 9.75. The number of fused-ring (bicyclic) bond motifs is 1. The highest BCUT2D eigenvalue weighted by atomic mass is 32.2. The molecule has 1 atom stereocenters. The van der Waals surface area contributed by atoms with Crippen molar-refractivity contribution >= 4 is 26.8 Å². The molecule has 0 saturated heterocycles. The second-order valence-corrected chi connectivity index (χ2v) is 10.3. The lowest BCUT2D eigenvalue weighted by Crippen LogP contribution is -2.50. The van der Waals surface area contributed by atoms with E-state index < -0.39 is 16.1 Å². The van der Waals surface area contributed by atoms with Crippen LogP contribution in [0.3, 0.4) is 0 Å². The molecule has 1 aliphatic rings. The molecule has 1 amide bonds. The first-order valence-corrected chi connectivity index (χ1v) is 12.2. The molecule has 1 fully saturated rings. The molecule has 0 spiro atoms. The molecule has 1 aromatic heterocycles. The van der Waals surface area contributed by atoms with Crippen LogP contribution in [-0.2, 0) is 14.8 Å². The van der Waals surface area contributed by atoms with E-state index in [4.69, 9.17) is 0 Å². The number of benzene rings is 1. The van der Waals surface area contributed by atoms with Gasteiger partial charge in [-0.3, -0.25) is 9.59 Å². The molecule has 0 radical (unpaired) electrons. The maximum atomic E-state index is 13.0. The highest BCUT2D eigenvalue weighted by Gasteiger charge is 2.28. The van der Waals surface area contributed by atoms with Crippen molar-refractivity contribution in [1.29, 1.82) is 0 Å². The Morgan fingerprint density at radius 1 is 1.10 bits per heavy atom. The molecule has 3 N–H and O–H groups in total. The molecule has 7 nitrogen and oxygen atoms in total. The van der Waals surface area contributed by atoms with Crippen molar-refractivity contribution < 1.29 is 13.2 Å². The molecule has 1 saturated carbocycles. The number of amides is 1. The van der Waals surface area contributed by atoms with E-state index in [1.807, 2.05) is 13.8 Å². The summed E-state index contributed by atoms with van der Waals surface area (Å²) in [5.74, 6) is -0.108. The number of aromatic nitrogens is 1. The lowest BCUT2D eigenvalue weighted by Gasteiger charge is -2.24. The van der Waals surface area contributed by atoms with Crippen molar-refractivity contribution in [1.82, 2.24) is 15.0 Å². The molecule has 164 valence electrons. The summed E-state index contributed by atoms with van der Waals surface area (Å²) in [6, 6.07) is 6.72. The molecule has 1 aromatic carbocycles. The summed E-state index contributed by atoms with van der Waals surface area (Å²) in [5, 5.41) is 3.68. The van der Waals surface area contributed by atoms with Gasteiger partial charge in [-0.25, -0.2) is 8.42 Å². The Morgan fingerprint density at radius 2 is 1.80 bits per heavy atom. The summed E-state index contributed by atoms with van der Waals surface area (Å²) < 4.78 is 28.7. The van der Waals surface area contributed by atoms with E-state index in [1.165, 1.54) is 31.0 Å². The van der Waals surface area contributed by atoms with Gasteiger partial charge in [0.2, 0.25) is 21.5 Å². The van der Waals surface area contributed by atoms with Crippen LogP contribution in [0.1, 0.15) is 58.8 Å². The highest BCUT2D eigenvalue weighted by molar-refractivity contribution is 7.89. The van der Waals surface area contributed by atoms with E-state index in [0.29, 0.717) is 17.3 Å². The standard InChI is InChI=1S/C22H31N3O4S/c1-15(2)13-20(22(27)23-17-7-5-3-4-6-8-17)25-30(28,29)18-10-11-19-16(14-18)9-12-21(26)24-19/h9-12,14-15,17,20,25H,3-8,13H2,1-2H3,(H,23,27)(H,24,26). The average molecular weight is 434 g/mol. The Balaban J connectivity index is 1.79. The molecule has 30 heavy (non-hydrogen) atoms. The lowest BCUT2D eigenvalue weighted by atomic mass is 10.0. The summed E-state index contributed by atoms with van der Waals surface area (Å²) in [4.78, 5) is 27.1. The van der Waals surface area contributed by atoms with Gasteiger partial charge >= 0.3 is 0 Å². The molecule has 3 rings (SSSR count). The van der Waals surface area contributed by atoms with Crippen LogP contribution in [0.25, 0.3) is 10.9 Å². The number of H-pyrrole nitrogens is 1. The number of carbonyl (C=O) groups is 1. The van der Waals surface area contributed by atoms with Crippen molar-refractivity contribution in [3.05, 3.63) is 40.7 Å². The predicted octanol–water partition coefficient (Wildman–Crippen LogP) is 3.06. The second-order valence-electron chi connectivity index (χ2n) is 8.57. The van der Waals surface area contributed by atoms with Crippen LogP contribution < -0.4 is 15.6 Å². The van der Waals surface area contributed by atoms with Crippen LogP contribution >= 0.6 is 0 Å². The highest BCUT2D eigenvalue weighted by Crippen LogP contribution is 2.20. The van der Waals surface area contributed by atoms with Crippen LogP contribution in [0.15, 0.2) is 40.0 Å². The fourth-order valence-corrected chi connectivity index (χ4v) is 5.20. The normalized spacial score (nSPS) is 17.0. The zero-order valence-electron chi connectivity index (χ0n) is 17.6. The van der Waals surface area contributed by atoms with Crippen LogP contribution in [0.4, 0.5) is 0 Å². The largest absolute Gasteiger partial charge is 0.352 e. The van der Waals surface area contributed by atoms with Crippen molar-refractivity contribution in [2.45, 2.75) is 75.8 Å². The Bertz CT molecular complexity index is 1040. The third-order valence-electron chi connectivity index (χ3n) is 5.53. The zero-order valence-corrected chi connectivity index (χ0v) is 18.4. The number of rotatable bonds is 7. The summed E-state index contributed by atoms with van der Waals surface area (Å²) in [6.07, 6.45) is 6.84. The zero-order chi connectivity index (χ0) is 21.7. The van der Waals surface area contributed by atoms with Gasteiger partial charge in [-0.1, -0.05) is 39.5 Å². The molecule has 0 aliphatic heterocycles. The van der Waals surface area contributed by atoms with Gasteiger partial charge in [0.05, 0.1) is 4.90 Å². The van der Waals surface area contributed by atoms with Crippen molar-refractivity contribution in [3.8, 4) is 0 Å². The van der Waals surface area contributed by atoms with E-state index in [1.54, 1.807) is 12.1 Å². The maximum absolute atomic E-state index is 13.0. The Hall–Kier alpha value is -2.19. The molecule has 1 heterocycles. The van der Waals surface area contributed by atoms with Gasteiger partial charge in [0.25, 0.3) is 0 Å². The summed E-state index contributed by atoms with van der Waals surface area (Å²) in [5.41, 5.74) is 0.315. The Kier molecular flexibility index (Phi) is 7.31. The van der Waals surface area contributed by atoms with Crippen LogP contribution in [-0.4, -0.2) is 31.4 Å². The minimum Gasteiger partial charge on any atom is -0.352 e. The minimum absolute atomic E-state index is 0.0677. The Morgan fingerprint density at radius 3 is 2.47 bits per heavy atom. The van der Waals surface area contributed by atoms with Gasteiger partial charge in [-0.2, -0.15) is 4.72 Å². The van der Waals surface area contributed by atoms with Gasteiger partial charge in [0.15, 0.2) is 0 Å². The molecular weight excluding hydrogens is 402 g/mol. The predicted molar refractivity (Wildman–Crippen MR) is 118 cm³/mol. The smallest absolute Gasteiger partial charge is 0.248 e. The number of hydrogen-bond acceptors (Lipinski definition) is 4. The molecule has 8 heteroatoms. The summed E-state index contributed by atoms with van der Waals surface area (Å²) >= 11 is 0. The lowest BCUT2D eigenvalue weighted by molar-refractivity contribution is -0.123. The van der Waals surface area contributed by atoms with E-state index >= 15 is 0 Å². The van der Waals surface area contributed by atoms with Crippen LogP contribution in [0.2, 0.25) is 0 Å². The van der Waals surface area contributed by atoms with Gasteiger partial charge in [0, 0.05) is 17.6 Å². The fourth-order valence-electron chi connectivity index (χ4n) is 3.96. The van der Waals surface area contributed by atoms with Crippen molar-refractivity contribution in [3.63, 3.8) is 0 Å². The van der Waals surface area contributed by atoms with Gasteiger partial charge in [-0.15, -0.1) is 0 Å². The first-order valence-electron chi connectivity index (χ1n) is 10.7. The first-order chi connectivity index (χ1) is 14.2. The molecule has 2 aromatic rings. The van der Waals surface area contributed by atoms with E-state index in [-0.39, 0.29) is 28.3 Å². The number of nitrogens with one attached hydrogen (secondary N) is 3. The first kappa shape index (κ1) is 22.5.